The first-order chi connectivity index (χ1) is 17.0. The highest BCUT2D eigenvalue weighted by Crippen LogP contribution is 2.38. The second-order valence-corrected chi connectivity index (χ2v) is 18.1. The molecule has 0 saturated heterocycles. The monoisotopic (exact) mass is 561 g/mol. The zero-order chi connectivity index (χ0) is 28.1. The minimum atomic E-state index is -4.17. The van der Waals surface area contributed by atoms with Gasteiger partial charge in [0, 0.05) is 6.61 Å². The molecule has 1 fully saturated rings. The molecule has 11 heteroatoms. The second kappa shape index (κ2) is 12.4. The summed E-state index contributed by atoms with van der Waals surface area (Å²) in [5.74, 6) is -0.851. The van der Waals surface area contributed by atoms with Gasteiger partial charge in [-0.3, -0.25) is 0 Å². The minimum absolute atomic E-state index is 0.0362. The Balaban J connectivity index is 2.61. The van der Waals surface area contributed by atoms with Crippen LogP contribution in [0.4, 0.5) is 9.18 Å². The first kappa shape index (κ1) is 31.5. The Morgan fingerprint density at radius 3 is 2.32 bits per heavy atom. The molecule has 2 rings (SSSR count). The van der Waals surface area contributed by atoms with Crippen LogP contribution in [-0.2, 0) is 24.8 Å². The number of aliphatic hydroxyl groups excluding tert-OH is 1. The highest BCUT2D eigenvalue weighted by Gasteiger charge is 2.44. The topological polar surface area (TPSA) is 102 Å². The summed E-state index contributed by atoms with van der Waals surface area (Å²) in [6.45, 7) is 12.0. The number of halogens is 1. The molecule has 0 spiro atoms. The molecular weight excluding hydrogens is 517 g/mol. The maximum Gasteiger partial charge on any atom is 0.424 e. The summed E-state index contributed by atoms with van der Waals surface area (Å²) < 4.78 is 60.3. The lowest BCUT2D eigenvalue weighted by molar-refractivity contribution is 0.00680. The average molecular weight is 562 g/mol. The maximum atomic E-state index is 14.8. The third-order valence-electron chi connectivity index (χ3n) is 6.02. The Morgan fingerprint density at radius 2 is 1.81 bits per heavy atom. The van der Waals surface area contributed by atoms with Crippen molar-refractivity contribution in [1.82, 2.24) is 4.31 Å². The van der Waals surface area contributed by atoms with Crippen LogP contribution in [0, 0.1) is 5.82 Å². The van der Waals surface area contributed by atoms with Gasteiger partial charge in [0.2, 0.25) is 10.0 Å². The van der Waals surface area contributed by atoms with E-state index in [0.717, 1.165) is 25.7 Å². The van der Waals surface area contributed by atoms with Gasteiger partial charge >= 0.3 is 6.09 Å². The normalized spacial score (nSPS) is 16.9. The van der Waals surface area contributed by atoms with Crippen LogP contribution in [0.15, 0.2) is 18.2 Å². The number of carbonyl (C=O) groups excluding carboxylic acids is 1. The fourth-order valence-electron chi connectivity index (χ4n) is 4.40. The van der Waals surface area contributed by atoms with Crippen LogP contribution in [0.3, 0.4) is 0 Å². The molecule has 1 aliphatic carbocycles. The summed E-state index contributed by atoms with van der Waals surface area (Å²) in [6, 6.07) is 4.44. The van der Waals surface area contributed by atoms with Crippen molar-refractivity contribution >= 4 is 24.4 Å². The second-order valence-electron chi connectivity index (χ2n) is 11.6. The number of rotatable bonds is 12. The van der Waals surface area contributed by atoms with Gasteiger partial charge in [0.1, 0.15) is 11.2 Å². The van der Waals surface area contributed by atoms with Gasteiger partial charge in [-0.15, -0.1) is 0 Å². The number of carbonyl (C=O) groups is 1. The molecule has 0 bridgehead atoms. The first-order valence-electron chi connectivity index (χ1n) is 13.0. The van der Waals surface area contributed by atoms with Crippen LogP contribution in [0.5, 0.6) is 5.75 Å². The van der Waals surface area contributed by atoms with Crippen LogP contribution in [0.25, 0.3) is 0 Å². The van der Waals surface area contributed by atoms with E-state index in [4.69, 9.17) is 13.9 Å². The first-order valence-corrected chi connectivity index (χ1v) is 18.0. The summed E-state index contributed by atoms with van der Waals surface area (Å²) in [7, 11) is -6.52. The molecule has 1 amide bonds. The molecular formula is C26H44FNO7SSi. The Bertz CT molecular complexity index is 1020. The highest BCUT2D eigenvalue weighted by atomic mass is 32.2. The van der Waals surface area contributed by atoms with Crippen LogP contribution in [0.2, 0.25) is 19.6 Å². The Labute approximate surface area is 222 Å². The number of hydrogen-bond donors (Lipinski definition) is 1. The molecule has 0 unspecified atom stereocenters. The van der Waals surface area contributed by atoms with Crippen LogP contribution < -0.4 is 4.74 Å². The summed E-state index contributed by atoms with van der Waals surface area (Å²) in [5.41, 5.74) is -1.68. The number of benzene rings is 1. The maximum absolute atomic E-state index is 14.8. The predicted octanol–water partition coefficient (Wildman–Crippen LogP) is 5.55. The largest absolute Gasteiger partial charge is 0.487 e. The Morgan fingerprint density at radius 1 is 1.19 bits per heavy atom. The van der Waals surface area contributed by atoms with Crippen molar-refractivity contribution in [3.05, 3.63) is 29.6 Å². The third-order valence-corrected chi connectivity index (χ3v) is 8.78. The van der Waals surface area contributed by atoms with Crippen molar-refractivity contribution in [3.8, 4) is 5.75 Å². The molecule has 212 valence electrons. The van der Waals surface area contributed by atoms with Crippen molar-refractivity contribution in [3.63, 3.8) is 0 Å². The van der Waals surface area contributed by atoms with Gasteiger partial charge in [0.25, 0.3) is 0 Å². The lowest BCUT2D eigenvalue weighted by Gasteiger charge is -2.42. The van der Waals surface area contributed by atoms with Crippen molar-refractivity contribution < 1.29 is 36.6 Å². The van der Waals surface area contributed by atoms with E-state index < -0.39 is 47.2 Å². The summed E-state index contributed by atoms with van der Waals surface area (Å²) in [4.78, 5) is 13.2. The van der Waals surface area contributed by atoms with E-state index in [1.807, 2.05) is 26.6 Å². The standard InChI is InChI=1S/C26H44FNO7SSi/c1-8-26(35-37(5,6)7,20-14-15-22(27)23(18-20)33-21-12-9-10-13-21)19-28(24(30)34-25(2,3)4)36(31,32)17-11-16-29/h14-15,18,21,29H,8-13,16-17,19H2,1-7H3/t26-/m1/s1. The van der Waals surface area contributed by atoms with E-state index in [1.165, 1.54) is 6.07 Å². The SMILES string of the molecule is CC[C@](CN(C(=O)OC(C)(C)C)S(=O)(=O)CCCO)(O[Si](C)(C)C)c1ccc(F)c(OC2CCCC2)c1. The van der Waals surface area contributed by atoms with Crippen molar-refractivity contribution in [1.29, 1.82) is 0 Å². The number of sulfonamides is 1. The molecule has 1 aromatic carbocycles. The van der Waals surface area contributed by atoms with Crippen LogP contribution >= 0.6 is 0 Å². The summed E-state index contributed by atoms with van der Waals surface area (Å²) >= 11 is 0. The number of hydrogen-bond acceptors (Lipinski definition) is 7. The molecule has 0 aromatic heterocycles. The summed E-state index contributed by atoms with van der Waals surface area (Å²) in [6.07, 6.45) is 2.93. The van der Waals surface area contributed by atoms with E-state index in [-0.39, 0.29) is 31.4 Å². The molecule has 0 aliphatic heterocycles. The van der Waals surface area contributed by atoms with Crippen molar-refractivity contribution in [2.24, 2.45) is 0 Å². The van der Waals surface area contributed by atoms with Gasteiger partial charge in [0.15, 0.2) is 19.9 Å². The Kier molecular flexibility index (Phi) is 10.6. The molecule has 0 heterocycles. The number of ether oxygens (including phenoxy) is 2. The quantitative estimate of drug-likeness (QED) is 0.334. The van der Waals surface area contributed by atoms with Crippen molar-refractivity contribution in [2.45, 2.75) is 103 Å². The van der Waals surface area contributed by atoms with Gasteiger partial charge in [-0.05, 0) is 96.6 Å². The highest BCUT2D eigenvalue weighted by molar-refractivity contribution is 7.89. The van der Waals surface area contributed by atoms with E-state index in [2.05, 4.69) is 0 Å². The lowest BCUT2D eigenvalue weighted by atomic mass is 9.90. The third kappa shape index (κ3) is 9.22. The predicted molar refractivity (Wildman–Crippen MR) is 144 cm³/mol. The van der Waals surface area contributed by atoms with E-state index in [1.54, 1.807) is 32.9 Å². The number of nitrogens with zero attached hydrogens (tertiary/aromatic N) is 1. The van der Waals surface area contributed by atoms with Crippen molar-refractivity contribution in [2.75, 3.05) is 18.9 Å². The summed E-state index contributed by atoms with van der Waals surface area (Å²) in [5, 5.41) is 9.25. The van der Waals surface area contributed by atoms with Crippen LogP contribution in [0.1, 0.15) is 71.8 Å². The van der Waals surface area contributed by atoms with Gasteiger partial charge < -0.3 is 19.0 Å². The zero-order valence-corrected chi connectivity index (χ0v) is 25.1. The molecule has 1 N–H and O–H groups in total. The van der Waals surface area contributed by atoms with Gasteiger partial charge in [0.05, 0.1) is 18.4 Å². The van der Waals surface area contributed by atoms with E-state index in [9.17, 15) is 22.7 Å². The fraction of sp³-hybridized carbons (Fsp3) is 0.731. The fourth-order valence-corrected chi connectivity index (χ4v) is 7.28. The van der Waals surface area contributed by atoms with Crippen LogP contribution in [-0.4, -0.2) is 62.8 Å². The molecule has 1 saturated carbocycles. The Hall–Kier alpha value is -1.69. The molecule has 0 radical (unpaired) electrons. The smallest absolute Gasteiger partial charge is 0.424 e. The molecule has 1 aromatic rings. The number of amides is 1. The van der Waals surface area contributed by atoms with Gasteiger partial charge in [-0.2, -0.15) is 0 Å². The van der Waals surface area contributed by atoms with E-state index >= 15 is 0 Å². The minimum Gasteiger partial charge on any atom is -0.487 e. The number of aliphatic hydroxyl groups is 1. The molecule has 8 nitrogen and oxygen atoms in total. The average Bonchev–Trinajstić information content (AvgIpc) is 3.27. The molecule has 1 atom stereocenters. The van der Waals surface area contributed by atoms with E-state index in [0.29, 0.717) is 16.3 Å². The molecule has 1 aliphatic rings. The zero-order valence-electron chi connectivity index (χ0n) is 23.3. The lowest BCUT2D eigenvalue weighted by Crippen LogP contribution is -2.52. The molecule has 37 heavy (non-hydrogen) atoms. The van der Waals surface area contributed by atoms with Gasteiger partial charge in [-0.1, -0.05) is 13.0 Å². The van der Waals surface area contributed by atoms with Gasteiger partial charge in [-0.25, -0.2) is 21.9 Å².